The summed E-state index contributed by atoms with van der Waals surface area (Å²) in [7, 11) is 0. The minimum absolute atomic E-state index is 0.138. The maximum absolute atomic E-state index is 8.51. The molecule has 0 aliphatic heterocycles. The number of benzene rings is 1. The van der Waals surface area contributed by atoms with E-state index in [1.54, 1.807) is 24.3 Å². The summed E-state index contributed by atoms with van der Waals surface area (Å²) in [5.74, 6) is 1.06. The lowest BCUT2D eigenvalue weighted by Crippen LogP contribution is -2.14. The summed E-state index contributed by atoms with van der Waals surface area (Å²) in [6.07, 6.45) is 3.26. The van der Waals surface area contributed by atoms with Crippen LogP contribution >= 0.6 is 23.2 Å². The largest absolute Gasteiger partial charge is 0.454 e. The highest BCUT2D eigenvalue weighted by Gasteiger charge is 2.09. The molecule has 0 atom stereocenters. The van der Waals surface area contributed by atoms with Crippen LogP contribution in [0, 0.1) is 0 Å². The fourth-order valence-corrected chi connectivity index (χ4v) is 1.98. The first-order valence-corrected chi connectivity index (χ1v) is 6.38. The van der Waals surface area contributed by atoms with Crippen LogP contribution < -0.4 is 10.5 Å². The molecule has 3 N–H and O–H groups in total. The van der Waals surface area contributed by atoms with Gasteiger partial charge in [-0.15, -0.1) is 0 Å². The highest BCUT2D eigenvalue weighted by Crippen LogP contribution is 2.35. The summed E-state index contributed by atoms with van der Waals surface area (Å²) < 4.78 is 5.61. The first kappa shape index (κ1) is 14.4. The highest BCUT2D eigenvalue weighted by molar-refractivity contribution is 6.36. The van der Waals surface area contributed by atoms with Crippen molar-refractivity contribution in [2.24, 2.45) is 10.9 Å². The lowest BCUT2D eigenvalue weighted by Gasteiger charge is -2.09. The van der Waals surface area contributed by atoms with Crippen molar-refractivity contribution in [2.75, 3.05) is 0 Å². The zero-order valence-corrected chi connectivity index (χ0v) is 11.8. The van der Waals surface area contributed by atoms with E-state index in [0.717, 1.165) is 5.56 Å². The standard InChI is InChI=1S/C13H11Cl2N3O2/c14-10-6-17-7-11(15)13(10)20-9-3-1-8(2-4-9)5-12(16)18-19/h1-4,6-7,19H,5H2,(H2,16,18). The number of nitrogens with two attached hydrogens (primary N) is 1. The molecule has 0 aliphatic carbocycles. The van der Waals surface area contributed by atoms with Gasteiger partial charge in [-0.2, -0.15) is 0 Å². The van der Waals surface area contributed by atoms with Crippen LogP contribution in [0.3, 0.4) is 0 Å². The van der Waals surface area contributed by atoms with Gasteiger partial charge in [0.15, 0.2) is 5.75 Å². The van der Waals surface area contributed by atoms with Crippen LogP contribution in [0.2, 0.25) is 10.0 Å². The van der Waals surface area contributed by atoms with Gasteiger partial charge in [0.2, 0.25) is 0 Å². The Kier molecular flexibility index (Phi) is 4.65. The Balaban J connectivity index is 2.15. The molecule has 20 heavy (non-hydrogen) atoms. The Hall–Kier alpha value is -1.98. The van der Waals surface area contributed by atoms with Crippen molar-refractivity contribution in [3.8, 4) is 11.5 Å². The van der Waals surface area contributed by atoms with E-state index in [2.05, 4.69) is 10.1 Å². The summed E-state index contributed by atoms with van der Waals surface area (Å²) in [4.78, 5) is 3.85. The molecule has 2 aromatic rings. The zero-order valence-electron chi connectivity index (χ0n) is 10.3. The van der Waals surface area contributed by atoms with Crippen molar-refractivity contribution in [1.29, 1.82) is 0 Å². The number of hydrogen-bond donors (Lipinski definition) is 2. The molecule has 0 amide bonds. The van der Waals surface area contributed by atoms with Gasteiger partial charge in [0.05, 0.1) is 0 Å². The normalized spacial score (nSPS) is 11.4. The quantitative estimate of drug-likeness (QED) is 0.392. The van der Waals surface area contributed by atoms with Gasteiger partial charge in [-0.05, 0) is 17.7 Å². The maximum atomic E-state index is 8.51. The van der Waals surface area contributed by atoms with Crippen molar-refractivity contribution in [3.63, 3.8) is 0 Å². The second-order valence-electron chi connectivity index (χ2n) is 3.95. The van der Waals surface area contributed by atoms with E-state index in [1.807, 2.05) is 0 Å². The van der Waals surface area contributed by atoms with Crippen LogP contribution in [0.1, 0.15) is 5.56 Å². The molecule has 2 rings (SSSR count). The summed E-state index contributed by atoms with van der Waals surface area (Å²) in [6, 6.07) is 7.09. The minimum atomic E-state index is 0.138. The van der Waals surface area contributed by atoms with Crippen molar-refractivity contribution in [1.82, 2.24) is 4.98 Å². The molecule has 0 unspecified atom stereocenters. The molecule has 0 radical (unpaired) electrons. The van der Waals surface area contributed by atoms with Gasteiger partial charge in [0, 0.05) is 18.8 Å². The Morgan fingerprint density at radius 3 is 2.35 bits per heavy atom. The molecule has 0 spiro atoms. The number of nitrogens with zero attached hydrogens (tertiary/aromatic N) is 2. The zero-order chi connectivity index (χ0) is 14.5. The number of aromatic nitrogens is 1. The average molecular weight is 312 g/mol. The third kappa shape index (κ3) is 3.53. The fourth-order valence-electron chi connectivity index (χ4n) is 1.53. The molecule has 0 bridgehead atoms. The van der Waals surface area contributed by atoms with Crippen LogP contribution in [-0.4, -0.2) is 16.0 Å². The van der Waals surface area contributed by atoms with Gasteiger partial charge in [-0.1, -0.05) is 40.5 Å². The summed E-state index contributed by atoms with van der Waals surface area (Å²) in [6.45, 7) is 0. The van der Waals surface area contributed by atoms with Crippen molar-refractivity contribution in [3.05, 3.63) is 52.3 Å². The predicted molar refractivity (Wildman–Crippen MR) is 77.9 cm³/mol. The smallest absolute Gasteiger partial charge is 0.167 e. The second kappa shape index (κ2) is 6.45. The highest BCUT2D eigenvalue weighted by atomic mass is 35.5. The average Bonchev–Trinajstić information content (AvgIpc) is 2.44. The fraction of sp³-hybridized carbons (Fsp3) is 0.0769. The molecule has 1 aromatic heterocycles. The van der Waals surface area contributed by atoms with Gasteiger partial charge >= 0.3 is 0 Å². The third-order valence-electron chi connectivity index (χ3n) is 2.47. The van der Waals surface area contributed by atoms with Crippen LogP contribution in [0.5, 0.6) is 11.5 Å². The number of halogens is 2. The van der Waals surface area contributed by atoms with Crippen molar-refractivity contribution < 1.29 is 9.94 Å². The first-order chi connectivity index (χ1) is 9.60. The molecule has 7 heteroatoms. The molecule has 0 saturated heterocycles. The number of amidine groups is 1. The predicted octanol–water partition coefficient (Wildman–Crippen LogP) is 3.47. The SMILES string of the molecule is NC(Cc1ccc(Oc2c(Cl)cncc2Cl)cc1)=NO. The van der Waals surface area contributed by atoms with E-state index < -0.39 is 0 Å². The maximum Gasteiger partial charge on any atom is 0.167 e. The van der Waals surface area contributed by atoms with Crippen LogP contribution in [0.4, 0.5) is 0 Å². The van der Waals surface area contributed by atoms with E-state index >= 15 is 0 Å². The van der Waals surface area contributed by atoms with Crippen LogP contribution in [0.15, 0.2) is 41.8 Å². The molecular formula is C13H11Cl2N3O2. The third-order valence-corrected chi connectivity index (χ3v) is 3.01. The minimum Gasteiger partial charge on any atom is -0.454 e. The van der Waals surface area contributed by atoms with Crippen molar-refractivity contribution >= 4 is 29.0 Å². The Labute approximate surface area is 125 Å². The van der Waals surface area contributed by atoms with Gasteiger partial charge in [0.1, 0.15) is 21.6 Å². The van der Waals surface area contributed by atoms with Gasteiger partial charge in [-0.25, -0.2) is 0 Å². The van der Waals surface area contributed by atoms with E-state index in [-0.39, 0.29) is 5.84 Å². The van der Waals surface area contributed by atoms with E-state index in [1.165, 1.54) is 12.4 Å². The molecule has 1 aromatic carbocycles. The number of rotatable bonds is 4. The van der Waals surface area contributed by atoms with E-state index in [0.29, 0.717) is 28.0 Å². The van der Waals surface area contributed by atoms with Gasteiger partial charge in [0.25, 0.3) is 0 Å². The second-order valence-corrected chi connectivity index (χ2v) is 4.76. The van der Waals surface area contributed by atoms with Crippen LogP contribution in [-0.2, 0) is 6.42 Å². The molecular weight excluding hydrogens is 301 g/mol. The molecule has 0 aliphatic rings. The molecule has 5 nitrogen and oxygen atoms in total. The number of ether oxygens (including phenoxy) is 1. The van der Waals surface area contributed by atoms with Gasteiger partial charge < -0.3 is 15.7 Å². The van der Waals surface area contributed by atoms with Crippen molar-refractivity contribution in [2.45, 2.75) is 6.42 Å². The van der Waals surface area contributed by atoms with E-state index in [4.69, 9.17) is 38.9 Å². The molecule has 1 heterocycles. The summed E-state index contributed by atoms with van der Waals surface area (Å²) in [5.41, 5.74) is 6.32. The first-order valence-electron chi connectivity index (χ1n) is 5.62. The van der Waals surface area contributed by atoms with Crippen LogP contribution in [0.25, 0.3) is 0 Å². The summed E-state index contributed by atoms with van der Waals surface area (Å²) >= 11 is 11.9. The lowest BCUT2D eigenvalue weighted by atomic mass is 10.1. The summed E-state index contributed by atoms with van der Waals surface area (Å²) in [5, 5.41) is 12.1. The number of pyridine rings is 1. The molecule has 0 fully saturated rings. The van der Waals surface area contributed by atoms with Gasteiger partial charge in [-0.3, -0.25) is 4.98 Å². The monoisotopic (exact) mass is 311 g/mol. The number of oxime groups is 1. The topological polar surface area (TPSA) is 80.7 Å². The number of hydrogen-bond acceptors (Lipinski definition) is 4. The molecule has 104 valence electrons. The van der Waals surface area contributed by atoms with E-state index in [9.17, 15) is 0 Å². The Morgan fingerprint density at radius 1 is 1.20 bits per heavy atom. The lowest BCUT2D eigenvalue weighted by molar-refractivity contribution is 0.317. The Morgan fingerprint density at radius 2 is 1.80 bits per heavy atom. The Bertz CT molecular complexity index is 610. The molecule has 0 saturated carbocycles.